The average molecular weight is 288 g/mol. The maximum Gasteiger partial charge on any atom is 0.354 e. The highest BCUT2D eigenvalue weighted by Gasteiger charge is 2.19. The molecule has 6 nitrogen and oxygen atoms in total. The lowest BCUT2D eigenvalue weighted by Crippen LogP contribution is -2.24. The number of benzene rings is 1. The molecular formula is C15H16N2O4. The summed E-state index contributed by atoms with van der Waals surface area (Å²) in [6.07, 6.45) is 2.64. The Balaban J connectivity index is 2.36. The molecular weight excluding hydrogens is 272 g/mol. The Kier molecular flexibility index (Phi) is 3.80. The molecule has 2 aromatic rings. The van der Waals surface area contributed by atoms with E-state index in [1.807, 2.05) is 0 Å². The lowest BCUT2D eigenvalue weighted by Gasteiger charge is -2.19. The van der Waals surface area contributed by atoms with Gasteiger partial charge in [0.1, 0.15) is 5.60 Å². The highest BCUT2D eigenvalue weighted by Crippen LogP contribution is 2.17. The summed E-state index contributed by atoms with van der Waals surface area (Å²) in [5, 5.41) is 9.09. The molecule has 1 aromatic heterocycles. The molecule has 1 N–H and O–H groups in total. The molecule has 2 rings (SSSR count). The first-order chi connectivity index (χ1) is 9.78. The Hall–Kier alpha value is -2.63. The number of nitrogens with zero attached hydrogens (tertiary/aromatic N) is 2. The number of rotatable bonds is 3. The Morgan fingerprint density at radius 1 is 1.29 bits per heavy atom. The van der Waals surface area contributed by atoms with E-state index in [1.54, 1.807) is 45.0 Å². The molecule has 0 aliphatic rings. The summed E-state index contributed by atoms with van der Waals surface area (Å²) >= 11 is 0. The fourth-order valence-corrected chi connectivity index (χ4v) is 1.78. The van der Waals surface area contributed by atoms with E-state index in [9.17, 15) is 9.59 Å². The van der Waals surface area contributed by atoms with Crippen molar-refractivity contribution in [1.82, 2.24) is 9.55 Å². The van der Waals surface area contributed by atoms with E-state index in [0.29, 0.717) is 11.3 Å². The number of carboxylic acids is 1. The van der Waals surface area contributed by atoms with Crippen LogP contribution in [0.1, 0.15) is 41.6 Å². The van der Waals surface area contributed by atoms with Crippen molar-refractivity contribution in [2.75, 3.05) is 0 Å². The lowest BCUT2D eigenvalue weighted by atomic mass is 10.1. The van der Waals surface area contributed by atoms with E-state index in [1.165, 1.54) is 17.1 Å². The van der Waals surface area contributed by atoms with Crippen LogP contribution in [-0.2, 0) is 4.74 Å². The Morgan fingerprint density at radius 2 is 2.00 bits per heavy atom. The summed E-state index contributed by atoms with van der Waals surface area (Å²) < 4.78 is 6.69. The molecule has 21 heavy (non-hydrogen) atoms. The zero-order valence-corrected chi connectivity index (χ0v) is 12.0. The summed E-state index contributed by atoms with van der Waals surface area (Å²) in [6, 6.07) is 6.55. The van der Waals surface area contributed by atoms with Gasteiger partial charge in [-0.25, -0.2) is 14.6 Å². The number of carbonyl (C=O) groups excluding carboxylic acids is 1. The molecule has 6 heteroatoms. The zero-order chi connectivity index (χ0) is 15.6. The number of hydrogen-bond donors (Lipinski definition) is 1. The van der Waals surface area contributed by atoms with Gasteiger partial charge >= 0.3 is 11.9 Å². The maximum atomic E-state index is 12.0. The highest BCUT2D eigenvalue weighted by molar-refractivity contribution is 5.91. The second kappa shape index (κ2) is 5.40. The van der Waals surface area contributed by atoms with Crippen molar-refractivity contribution >= 4 is 11.9 Å². The fourth-order valence-electron chi connectivity index (χ4n) is 1.78. The van der Waals surface area contributed by atoms with Crippen molar-refractivity contribution in [3.8, 4) is 5.69 Å². The van der Waals surface area contributed by atoms with Crippen molar-refractivity contribution in [3.05, 3.63) is 48.0 Å². The Labute approximate surface area is 122 Å². The quantitative estimate of drug-likeness (QED) is 0.878. The highest BCUT2D eigenvalue weighted by atomic mass is 16.6. The van der Waals surface area contributed by atoms with Crippen LogP contribution in [0.2, 0.25) is 0 Å². The first kappa shape index (κ1) is 14.8. The van der Waals surface area contributed by atoms with Gasteiger partial charge in [0.05, 0.1) is 18.1 Å². The minimum atomic E-state index is -1.09. The van der Waals surface area contributed by atoms with Crippen molar-refractivity contribution in [2.45, 2.75) is 26.4 Å². The number of aromatic carboxylic acids is 1. The number of imidazole rings is 1. The predicted molar refractivity (Wildman–Crippen MR) is 75.7 cm³/mol. The van der Waals surface area contributed by atoms with Gasteiger partial charge < -0.3 is 9.84 Å². The predicted octanol–water partition coefficient (Wildman–Crippen LogP) is 2.53. The molecule has 0 aliphatic carbocycles. The van der Waals surface area contributed by atoms with E-state index in [0.717, 1.165) is 0 Å². The van der Waals surface area contributed by atoms with Gasteiger partial charge in [-0.05, 0) is 39.0 Å². The molecule has 0 amide bonds. The molecule has 0 radical (unpaired) electrons. The molecule has 0 saturated carbocycles. The van der Waals surface area contributed by atoms with Gasteiger partial charge in [-0.2, -0.15) is 0 Å². The summed E-state index contributed by atoms with van der Waals surface area (Å²) in [6.45, 7) is 5.35. The van der Waals surface area contributed by atoms with Crippen LogP contribution in [0.4, 0.5) is 0 Å². The van der Waals surface area contributed by atoms with E-state index in [-0.39, 0.29) is 5.69 Å². The zero-order valence-electron chi connectivity index (χ0n) is 12.0. The van der Waals surface area contributed by atoms with Gasteiger partial charge in [-0.15, -0.1) is 0 Å². The van der Waals surface area contributed by atoms with Crippen LogP contribution in [0.25, 0.3) is 5.69 Å². The number of aromatic nitrogens is 2. The second-order valence-corrected chi connectivity index (χ2v) is 5.51. The molecule has 1 heterocycles. The van der Waals surface area contributed by atoms with E-state index >= 15 is 0 Å². The number of carboxylic acid groups (broad SMARTS) is 1. The number of esters is 1. The van der Waals surface area contributed by atoms with Crippen LogP contribution in [0, 0.1) is 0 Å². The Morgan fingerprint density at radius 3 is 2.62 bits per heavy atom. The first-order valence-electron chi connectivity index (χ1n) is 6.37. The topological polar surface area (TPSA) is 81.4 Å². The summed E-state index contributed by atoms with van der Waals surface area (Å²) in [4.78, 5) is 27.0. The van der Waals surface area contributed by atoms with Gasteiger partial charge in [0.25, 0.3) is 0 Å². The maximum absolute atomic E-state index is 12.0. The third kappa shape index (κ3) is 3.47. The molecule has 0 bridgehead atoms. The van der Waals surface area contributed by atoms with Gasteiger partial charge in [0, 0.05) is 5.69 Å². The summed E-state index contributed by atoms with van der Waals surface area (Å²) in [7, 11) is 0. The summed E-state index contributed by atoms with van der Waals surface area (Å²) in [5.41, 5.74) is 0.325. The smallest absolute Gasteiger partial charge is 0.354 e. The standard InChI is InChI=1S/C15H16N2O4/c1-15(2,3)21-14(20)10-5-4-6-11(7-10)17-9-16-8-12(17)13(18)19/h4-9H,1-3H3,(H,18,19). The lowest BCUT2D eigenvalue weighted by molar-refractivity contribution is 0.00693. The SMILES string of the molecule is CC(C)(C)OC(=O)c1cccc(-n2cncc2C(=O)O)c1. The average Bonchev–Trinajstić information content (AvgIpc) is 2.86. The fraction of sp³-hybridized carbons (Fsp3) is 0.267. The molecule has 0 spiro atoms. The van der Waals surface area contributed by atoms with Gasteiger partial charge in [0.2, 0.25) is 0 Å². The molecule has 0 saturated heterocycles. The largest absolute Gasteiger partial charge is 0.477 e. The molecule has 0 aliphatic heterocycles. The molecule has 0 unspecified atom stereocenters. The first-order valence-corrected chi connectivity index (χ1v) is 6.37. The molecule has 1 aromatic carbocycles. The third-order valence-corrected chi connectivity index (χ3v) is 2.62. The number of carbonyl (C=O) groups is 2. The van der Waals surface area contributed by atoms with Crippen LogP contribution >= 0.6 is 0 Å². The van der Waals surface area contributed by atoms with E-state index < -0.39 is 17.5 Å². The van der Waals surface area contributed by atoms with Crippen LogP contribution in [0.3, 0.4) is 0 Å². The van der Waals surface area contributed by atoms with Crippen molar-refractivity contribution < 1.29 is 19.4 Å². The normalized spacial score (nSPS) is 11.2. The van der Waals surface area contributed by atoms with Crippen molar-refractivity contribution in [2.24, 2.45) is 0 Å². The minimum absolute atomic E-state index is 0.0244. The van der Waals surface area contributed by atoms with Gasteiger partial charge in [-0.1, -0.05) is 6.07 Å². The van der Waals surface area contributed by atoms with E-state index in [2.05, 4.69) is 4.98 Å². The van der Waals surface area contributed by atoms with Crippen LogP contribution in [0.15, 0.2) is 36.8 Å². The van der Waals surface area contributed by atoms with Crippen molar-refractivity contribution in [3.63, 3.8) is 0 Å². The Bertz CT molecular complexity index is 683. The number of ether oxygens (including phenoxy) is 1. The minimum Gasteiger partial charge on any atom is -0.477 e. The van der Waals surface area contributed by atoms with Crippen molar-refractivity contribution in [1.29, 1.82) is 0 Å². The summed E-state index contributed by atoms with van der Waals surface area (Å²) in [5.74, 6) is -1.54. The van der Waals surface area contributed by atoms with Gasteiger partial charge in [0.15, 0.2) is 5.69 Å². The van der Waals surface area contributed by atoms with Gasteiger partial charge in [-0.3, -0.25) is 4.57 Å². The van der Waals surface area contributed by atoms with Crippen LogP contribution in [0.5, 0.6) is 0 Å². The molecule has 110 valence electrons. The van der Waals surface area contributed by atoms with Crippen LogP contribution < -0.4 is 0 Å². The number of hydrogen-bond acceptors (Lipinski definition) is 4. The van der Waals surface area contributed by atoms with Crippen LogP contribution in [-0.4, -0.2) is 32.2 Å². The molecule has 0 fully saturated rings. The molecule has 0 atom stereocenters. The third-order valence-electron chi connectivity index (χ3n) is 2.62. The van der Waals surface area contributed by atoms with E-state index in [4.69, 9.17) is 9.84 Å². The second-order valence-electron chi connectivity index (χ2n) is 5.51. The monoisotopic (exact) mass is 288 g/mol.